The molecule has 1 aromatic rings. The smallest absolute Gasteiger partial charge is 0.253 e. The lowest BCUT2D eigenvalue weighted by molar-refractivity contribution is -0.117. The molecule has 6 heteroatoms. The molecule has 0 radical (unpaired) electrons. The highest BCUT2D eigenvalue weighted by Crippen LogP contribution is 2.23. The summed E-state index contributed by atoms with van der Waals surface area (Å²) < 4.78 is 0. The van der Waals surface area contributed by atoms with Crippen molar-refractivity contribution in [3.63, 3.8) is 0 Å². The van der Waals surface area contributed by atoms with Crippen LogP contribution in [-0.4, -0.2) is 29.6 Å². The summed E-state index contributed by atoms with van der Waals surface area (Å²) in [5.41, 5.74) is 0.671. The molecule has 0 heterocycles. The van der Waals surface area contributed by atoms with Crippen LogP contribution in [0.3, 0.4) is 0 Å². The van der Waals surface area contributed by atoms with Crippen molar-refractivity contribution >= 4 is 29.1 Å². The molecular formula is C17H25ClN2O3. The summed E-state index contributed by atoms with van der Waals surface area (Å²) in [4.78, 5) is 24.2. The molecule has 1 atom stereocenters. The Morgan fingerprint density at radius 2 is 1.96 bits per heavy atom. The molecule has 128 valence electrons. The molecule has 1 aromatic carbocycles. The fourth-order valence-corrected chi connectivity index (χ4v) is 2.21. The zero-order valence-corrected chi connectivity index (χ0v) is 14.8. The third-order valence-electron chi connectivity index (χ3n) is 3.23. The lowest BCUT2D eigenvalue weighted by atomic mass is 9.92. The number of benzene rings is 1. The monoisotopic (exact) mass is 340 g/mol. The van der Waals surface area contributed by atoms with E-state index in [4.69, 9.17) is 16.7 Å². The van der Waals surface area contributed by atoms with Gasteiger partial charge in [-0.1, -0.05) is 39.3 Å². The Morgan fingerprint density at radius 1 is 1.30 bits per heavy atom. The van der Waals surface area contributed by atoms with Crippen LogP contribution in [-0.2, 0) is 4.79 Å². The van der Waals surface area contributed by atoms with Crippen LogP contribution in [0.1, 0.15) is 50.9 Å². The van der Waals surface area contributed by atoms with E-state index in [-0.39, 0.29) is 35.4 Å². The molecule has 0 aliphatic carbocycles. The average Bonchev–Trinajstić information content (AvgIpc) is 2.44. The maximum Gasteiger partial charge on any atom is 0.253 e. The second kappa shape index (κ2) is 8.31. The summed E-state index contributed by atoms with van der Waals surface area (Å²) in [5.74, 6) is -0.490. The van der Waals surface area contributed by atoms with Crippen molar-refractivity contribution in [2.45, 2.75) is 46.6 Å². The molecule has 5 nitrogen and oxygen atoms in total. The van der Waals surface area contributed by atoms with E-state index in [9.17, 15) is 9.59 Å². The second-order valence-corrected chi connectivity index (χ2v) is 7.15. The third-order valence-corrected chi connectivity index (χ3v) is 3.56. The highest BCUT2D eigenvalue weighted by atomic mass is 35.5. The summed E-state index contributed by atoms with van der Waals surface area (Å²) >= 11 is 6.07. The Kier molecular flexibility index (Phi) is 7.03. The van der Waals surface area contributed by atoms with Gasteiger partial charge in [-0.05, 0) is 30.0 Å². The first kappa shape index (κ1) is 19.5. The fraction of sp³-hybridized carbons (Fsp3) is 0.529. The van der Waals surface area contributed by atoms with E-state index < -0.39 is 0 Å². The standard InChI is InChI=1S/C17H25ClN2O3/c1-5-11(10-21)20-16(23)13-8-12(6-7-14(13)18)19-15(22)9-17(2,3)4/h6-8,11,21H,5,9-10H2,1-4H3,(H,19,22)(H,20,23). The summed E-state index contributed by atoms with van der Waals surface area (Å²) in [5, 5.41) is 14.9. The highest BCUT2D eigenvalue weighted by molar-refractivity contribution is 6.34. The maximum absolute atomic E-state index is 12.2. The molecule has 1 rings (SSSR count). The lowest BCUT2D eigenvalue weighted by Crippen LogP contribution is -2.37. The first-order valence-corrected chi connectivity index (χ1v) is 8.05. The molecule has 0 bridgehead atoms. The number of aliphatic hydroxyl groups excluding tert-OH is 1. The Hall–Kier alpha value is -1.59. The first-order chi connectivity index (χ1) is 10.7. The fourth-order valence-electron chi connectivity index (χ4n) is 2.00. The van der Waals surface area contributed by atoms with Crippen LogP contribution in [0.2, 0.25) is 5.02 Å². The van der Waals surface area contributed by atoms with Crippen molar-refractivity contribution in [2.24, 2.45) is 5.41 Å². The van der Waals surface area contributed by atoms with Crippen LogP contribution in [0.4, 0.5) is 5.69 Å². The quantitative estimate of drug-likeness (QED) is 0.744. The predicted octanol–water partition coefficient (Wildman–Crippen LogP) is 3.22. The van der Waals surface area contributed by atoms with Gasteiger partial charge < -0.3 is 15.7 Å². The molecule has 3 N–H and O–H groups in total. The highest BCUT2D eigenvalue weighted by Gasteiger charge is 2.18. The van der Waals surface area contributed by atoms with Crippen molar-refractivity contribution in [1.29, 1.82) is 0 Å². The van der Waals surface area contributed by atoms with E-state index in [2.05, 4.69) is 10.6 Å². The van der Waals surface area contributed by atoms with E-state index in [0.29, 0.717) is 23.6 Å². The van der Waals surface area contributed by atoms with Gasteiger partial charge in [0.2, 0.25) is 5.91 Å². The largest absolute Gasteiger partial charge is 0.394 e. The van der Waals surface area contributed by atoms with Gasteiger partial charge in [0.15, 0.2) is 0 Å². The number of carbonyl (C=O) groups excluding carboxylic acids is 2. The van der Waals surface area contributed by atoms with Crippen LogP contribution in [0, 0.1) is 5.41 Å². The van der Waals surface area contributed by atoms with Crippen molar-refractivity contribution in [3.05, 3.63) is 28.8 Å². The number of anilines is 1. The minimum Gasteiger partial charge on any atom is -0.394 e. The zero-order valence-electron chi connectivity index (χ0n) is 14.1. The second-order valence-electron chi connectivity index (χ2n) is 6.74. The van der Waals surface area contributed by atoms with Gasteiger partial charge in [0, 0.05) is 12.1 Å². The summed E-state index contributed by atoms with van der Waals surface area (Å²) in [6.45, 7) is 7.67. The maximum atomic E-state index is 12.2. The Morgan fingerprint density at radius 3 is 2.48 bits per heavy atom. The molecule has 0 saturated carbocycles. The van der Waals surface area contributed by atoms with Crippen molar-refractivity contribution in [3.8, 4) is 0 Å². The van der Waals surface area contributed by atoms with Gasteiger partial charge in [-0.15, -0.1) is 0 Å². The topological polar surface area (TPSA) is 78.4 Å². The normalized spacial score (nSPS) is 12.6. The molecule has 0 spiro atoms. The van der Waals surface area contributed by atoms with Crippen molar-refractivity contribution in [2.75, 3.05) is 11.9 Å². The first-order valence-electron chi connectivity index (χ1n) is 7.67. The number of carbonyl (C=O) groups is 2. The van der Waals surface area contributed by atoms with E-state index in [1.807, 2.05) is 27.7 Å². The van der Waals surface area contributed by atoms with Gasteiger partial charge in [-0.2, -0.15) is 0 Å². The minimum absolute atomic E-state index is 0.118. The minimum atomic E-state index is -0.372. The Bertz CT molecular complexity index is 563. The van der Waals surface area contributed by atoms with Crippen molar-refractivity contribution < 1.29 is 14.7 Å². The van der Waals surface area contributed by atoms with Crippen LogP contribution in [0.25, 0.3) is 0 Å². The number of halogens is 1. The molecule has 0 aliphatic heterocycles. The molecular weight excluding hydrogens is 316 g/mol. The number of aliphatic hydroxyl groups is 1. The molecule has 0 aromatic heterocycles. The number of hydrogen-bond acceptors (Lipinski definition) is 3. The molecule has 0 saturated heterocycles. The van der Waals surface area contributed by atoms with Gasteiger partial charge in [-0.25, -0.2) is 0 Å². The number of hydrogen-bond donors (Lipinski definition) is 3. The van der Waals surface area contributed by atoms with Crippen molar-refractivity contribution in [1.82, 2.24) is 5.32 Å². The summed E-state index contributed by atoms with van der Waals surface area (Å²) in [6, 6.07) is 4.45. The summed E-state index contributed by atoms with van der Waals surface area (Å²) in [7, 11) is 0. The predicted molar refractivity (Wildman–Crippen MR) is 92.8 cm³/mol. The van der Waals surface area contributed by atoms with Gasteiger partial charge in [0.05, 0.1) is 23.2 Å². The van der Waals surface area contributed by atoms with Crippen LogP contribution in [0.15, 0.2) is 18.2 Å². The SMILES string of the molecule is CCC(CO)NC(=O)c1cc(NC(=O)CC(C)(C)C)ccc1Cl. The molecule has 23 heavy (non-hydrogen) atoms. The zero-order chi connectivity index (χ0) is 17.6. The Labute approximate surface area is 142 Å². The lowest BCUT2D eigenvalue weighted by Gasteiger charge is -2.18. The number of amides is 2. The van der Waals surface area contributed by atoms with E-state index in [1.54, 1.807) is 18.2 Å². The van der Waals surface area contributed by atoms with Crippen LogP contribution >= 0.6 is 11.6 Å². The van der Waals surface area contributed by atoms with Gasteiger partial charge in [0.1, 0.15) is 0 Å². The van der Waals surface area contributed by atoms with E-state index in [1.165, 1.54) is 0 Å². The van der Waals surface area contributed by atoms with Crippen LogP contribution < -0.4 is 10.6 Å². The molecule has 0 aliphatic rings. The summed E-state index contributed by atoms with van der Waals surface area (Å²) in [6.07, 6.45) is 0.988. The van der Waals surface area contributed by atoms with E-state index >= 15 is 0 Å². The third kappa shape index (κ3) is 6.59. The molecule has 0 fully saturated rings. The average molecular weight is 341 g/mol. The number of nitrogens with one attached hydrogen (secondary N) is 2. The molecule has 2 amide bonds. The van der Waals surface area contributed by atoms with Crippen LogP contribution in [0.5, 0.6) is 0 Å². The van der Waals surface area contributed by atoms with Gasteiger partial charge in [0.25, 0.3) is 5.91 Å². The van der Waals surface area contributed by atoms with E-state index in [0.717, 1.165) is 0 Å². The van der Waals surface area contributed by atoms with Gasteiger partial charge >= 0.3 is 0 Å². The Balaban J connectivity index is 2.87. The number of rotatable bonds is 6. The van der Waals surface area contributed by atoms with Gasteiger partial charge in [-0.3, -0.25) is 9.59 Å². The molecule has 1 unspecified atom stereocenters.